The molecule has 0 fully saturated rings. The molecule has 0 aliphatic rings. The SMILES string of the molecule is COc1cc(C(=O)c2c(C)c(C)cc(C)c2C)ccc1N. The van der Waals surface area contributed by atoms with Crippen LogP contribution in [0.5, 0.6) is 5.75 Å². The van der Waals surface area contributed by atoms with Gasteiger partial charge in [0.1, 0.15) is 5.75 Å². The third-order valence-electron chi connectivity index (χ3n) is 4.09. The summed E-state index contributed by atoms with van der Waals surface area (Å²) >= 11 is 0. The van der Waals surface area contributed by atoms with Gasteiger partial charge in [-0.15, -0.1) is 0 Å². The fourth-order valence-corrected chi connectivity index (χ4v) is 2.55. The second-order valence-corrected chi connectivity index (χ2v) is 5.42. The zero-order valence-corrected chi connectivity index (χ0v) is 13.2. The fraction of sp³-hybridized carbons (Fsp3) is 0.278. The largest absolute Gasteiger partial charge is 0.495 e. The fourth-order valence-electron chi connectivity index (χ4n) is 2.55. The molecule has 0 aliphatic carbocycles. The Morgan fingerprint density at radius 2 is 1.57 bits per heavy atom. The Hall–Kier alpha value is -2.29. The zero-order valence-electron chi connectivity index (χ0n) is 13.2. The molecule has 2 rings (SSSR count). The maximum atomic E-state index is 12.9. The number of aryl methyl sites for hydroxylation is 2. The average Bonchev–Trinajstić information content (AvgIpc) is 2.45. The molecule has 0 amide bonds. The number of ether oxygens (including phenoxy) is 1. The number of hydrogen-bond acceptors (Lipinski definition) is 3. The summed E-state index contributed by atoms with van der Waals surface area (Å²) in [5, 5.41) is 0. The normalized spacial score (nSPS) is 10.5. The molecule has 21 heavy (non-hydrogen) atoms. The number of carbonyl (C=O) groups is 1. The van der Waals surface area contributed by atoms with Gasteiger partial charge in [0.15, 0.2) is 5.78 Å². The van der Waals surface area contributed by atoms with E-state index in [1.807, 2.05) is 27.7 Å². The van der Waals surface area contributed by atoms with Crippen LogP contribution >= 0.6 is 0 Å². The Morgan fingerprint density at radius 1 is 1.00 bits per heavy atom. The highest BCUT2D eigenvalue weighted by Crippen LogP contribution is 2.27. The van der Waals surface area contributed by atoms with Crippen LogP contribution in [-0.2, 0) is 0 Å². The van der Waals surface area contributed by atoms with E-state index in [1.165, 1.54) is 0 Å². The number of nitrogen functional groups attached to an aromatic ring is 1. The highest BCUT2D eigenvalue weighted by Gasteiger charge is 2.18. The van der Waals surface area contributed by atoms with Gasteiger partial charge in [-0.1, -0.05) is 6.07 Å². The van der Waals surface area contributed by atoms with Crippen LogP contribution < -0.4 is 10.5 Å². The Labute approximate surface area is 125 Å². The van der Waals surface area contributed by atoms with E-state index in [0.29, 0.717) is 17.0 Å². The molecule has 0 saturated heterocycles. The van der Waals surface area contributed by atoms with Gasteiger partial charge in [-0.05, 0) is 68.1 Å². The molecule has 0 aliphatic heterocycles. The topological polar surface area (TPSA) is 52.3 Å². The molecule has 3 nitrogen and oxygen atoms in total. The molecule has 2 aromatic carbocycles. The van der Waals surface area contributed by atoms with Crippen molar-refractivity contribution in [3.63, 3.8) is 0 Å². The molecule has 2 N–H and O–H groups in total. The van der Waals surface area contributed by atoms with Crippen LogP contribution in [0.3, 0.4) is 0 Å². The molecule has 0 spiro atoms. The lowest BCUT2D eigenvalue weighted by molar-refractivity contribution is 0.103. The van der Waals surface area contributed by atoms with Crippen LogP contribution in [0, 0.1) is 27.7 Å². The van der Waals surface area contributed by atoms with Gasteiger partial charge < -0.3 is 10.5 Å². The summed E-state index contributed by atoms with van der Waals surface area (Å²) in [6, 6.07) is 7.27. The first-order chi connectivity index (χ1) is 9.86. The Morgan fingerprint density at radius 3 is 2.10 bits per heavy atom. The number of ketones is 1. The molecule has 0 aromatic heterocycles. The summed E-state index contributed by atoms with van der Waals surface area (Å²) < 4.78 is 5.20. The number of anilines is 1. The van der Waals surface area contributed by atoms with Crippen LogP contribution in [0.25, 0.3) is 0 Å². The first kappa shape index (κ1) is 15.1. The van der Waals surface area contributed by atoms with Crippen LogP contribution in [0.1, 0.15) is 38.2 Å². The van der Waals surface area contributed by atoms with Gasteiger partial charge in [-0.2, -0.15) is 0 Å². The second kappa shape index (κ2) is 5.60. The summed E-state index contributed by atoms with van der Waals surface area (Å²) in [7, 11) is 1.55. The smallest absolute Gasteiger partial charge is 0.193 e. The van der Waals surface area contributed by atoms with Crippen molar-refractivity contribution in [2.45, 2.75) is 27.7 Å². The minimum Gasteiger partial charge on any atom is -0.495 e. The van der Waals surface area contributed by atoms with E-state index in [0.717, 1.165) is 27.8 Å². The zero-order chi connectivity index (χ0) is 15.7. The van der Waals surface area contributed by atoms with Crippen molar-refractivity contribution in [3.05, 3.63) is 57.6 Å². The van der Waals surface area contributed by atoms with Crippen molar-refractivity contribution >= 4 is 11.5 Å². The van der Waals surface area contributed by atoms with E-state index in [-0.39, 0.29) is 5.78 Å². The number of benzene rings is 2. The van der Waals surface area contributed by atoms with Crippen molar-refractivity contribution < 1.29 is 9.53 Å². The Balaban J connectivity index is 2.60. The van der Waals surface area contributed by atoms with Crippen LogP contribution in [0.15, 0.2) is 24.3 Å². The van der Waals surface area contributed by atoms with Gasteiger partial charge in [0.2, 0.25) is 0 Å². The lowest BCUT2D eigenvalue weighted by Gasteiger charge is -2.15. The minimum atomic E-state index is 0.00935. The number of carbonyl (C=O) groups excluding carboxylic acids is 1. The predicted molar refractivity (Wildman–Crippen MR) is 86.2 cm³/mol. The highest BCUT2D eigenvalue weighted by molar-refractivity contribution is 6.11. The van der Waals surface area contributed by atoms with E-state index in [1.54, 1.807) is 25.3 Å². The summed E-state index contributed by atoms with van der Waals surface area (Å²) in [6.45, 7) is 8.04. The van der Waals surface area contributed by atoms with Crippen LogP contribution in [0.4, 0.5) is 5.69 Å². The van der Waals surface area contributed by atoms with Gasteiger partial charge in [0.25, 0.3) is 0 Å². The average molecular weight is 283 g/mol. The van der Waals surface area contributed by atoms with Crippen molar-refractivity contribution in [1.29, 1.82) is 0 Å². The van der Waals surface area contributed by atoms with Gasteiger partial charge in [-0.3, -0.25) is 4.79 Å². The van der Waals surface area contributed by atoms with E-state index in [4.69, 9.17) is 10.5 Å². The first-order valence-corrected chi connectivity index (χ1v) is 6.92. The quantitative estimate of drug-likeness (QED) is 0.689. The van der Waals surface area contributed by atoms with Gasteiger partial charge in [0.05, 0.1) is 12.8 Å². The van der Waals surface area contributed by atoms with E-state index >= 15 is 0 Å². The maximum Gasteiger partial charge on any atom is 0.193 e. The van der Waals surface area contributed by atoms with E-state index in [2.05, 4.69) is 6.07 Å². The van der Waals surface area contributed by atoms with Crippen molar-refractivity contribution in [1.82, 2.24) is 0 Å². The van der Waals surface area contributed by atoms with Crippen molar-refractivity contribution in [3.8, 4) is 5.75 Å². The highest BCUT2D eigenvalue weighted by atomic mass is 16.5. The molecule has 0 unspecified atom stereocenters. The summed E-state index contributed by atoms with van der Waals surface area (Å²) in [6.07, 6.45) is 0. The first-order valence-electron chi connectivity index (χ1n) is 6.92. The molecule has 0 radical (unpaired) electrons. The van der Waals surface area contributed by atoms with E-state index in [9.17, 15) is 4.79 Å². The molecule has 2 aromatic rings. The van der Waals surface area contributed by atoms with Crippen LogP contribution in [-0.4, -0.2) is 12.9 Å². The lowest BCUT2D eigenvalue weighted by Crippen LogP contribution is -2.09. The molecule has 3 heteroatoms. The summed E-state index contributed by atoms with van der Waals surface area (Å²) in [4.78, 5) is 12.9. The standard InChI is InChI=1S/C18H21NO2/c1-10-8-11(2)13(4)17(12(10)3)18(20)14-6-7-15(19)16(9-14)21-5/h6-9H,19H2,1-5H3. The molecular formula is C18H21NO2. The van der Waals surface area contributed by atoms with Crippen molar-refractivity contribution in [2.75, 3.05) is 12.8 Å². The number of methoxy groups -OCH3 is 1. The number of hydrogen-bond donors (Lipinski definition) is 1. The molecule has 110 valence electrons. The van der Waals surface area contributed by atoms with E-state index < -0.39 is 0 Å². The van der Waals surface area contributed by atoms with Crippen molar-refractivity contribution in [2.24, 2.45) is 0 Å². The summed E-state index contributed by atoms with van der Waals surface area (Å²) in [5.41, 5.74) is 12.0. The van der Waals surface area contributed by atoms with Gasteiger partial charge >= 0.3 is 0 Å². The van der Waals surface area contributed by atoms with Gasteiger partial charge in [0, 0.05) is 11.1 Å². The maximum absolute atomic E-state index is 12.9. The minimum absolute atomic E-state index is 0.00935. The second-order valence-electron chi connectivity index (χ2n) is 5.42. The molecular weight excluding hydrogens is 262 g/mol. The number of rotatable bonds is 3. The third kappa shape index (κ3) is 2.64. The summed E-state index contributed by atoms with van der Waals surface area (Å²) in [5.74, 6) is 0.538. The predicted octanol–water partition coefficient (Wildman–Crippen LogP) is 3.74. The molecule has 0 saturated carbocycles. The lowest BCUT2D eigenvalue weighted by atomic mass is 9.89. The van der Waals surface area contributed by atoms with Gasteiger partial charge in [-0.25, -0.2) is 0 Å². The molecule has 0 atom stereocenters. The molecule has 0 bridgehead atoms. The third-order valence-corrected chi connectivity index (χ3v) is 4.09. The van der Waals surface area contributed by atoms with Crippen LogP contribution in [0.2, 0.25) is 0 Å². The number of nitrogens with two attached hydrogens (primary N) is 1. The Kier molecular flexibility index (Phi) is 4.03. The molecule has 0 heterocycles. The Bertz CT molecular complexity index is 691. The monoisotopic (exact) mass is 283 g/mol.